The van der Waals surface area contributed by atoms with Gasteiger partial charge < -0.3 is 0 Å². The highest BCUT2D eigenvalue weighted by atomic mass is 14.7. The van der Waals surface area contributed by atoms with Gasteiger partial charge in [-0.3, -0.25) is 0 Å². The van der Waals surface area contributed by atoms with E-state index in [1.807, 2.05) is 0 Å². The summed E-state index contributed by atoms with van der Waals surface area (Å²) in [5.41, 5.74) is 5.54. The maximum Gasteiger partial charge on any atom is -0.0141 e. The molecule has 0 aromatic carbocycles. The Balaban J connectivity index is 1.56. The lowest BCUT2D eigenvalue weighted by Gasteiger charge is -2.31. The van der Waals surface area contributed by atoms with E-state index in [-0.39, 0.29) is 0 Å². The van der Waals surface area contributed by atoms with E-state index in [2.05, 4.69) is 18.7 Å². The lowest BCUT2D eigenvalue weighted by Crippen LogP contribution is -2.20. The van der Waals surface area contributed by atoms with Crippen LogP contribution in [-0.4, -0.2) is 0 Å². The molecule has 4 aliphatic rings. The van der Waals surface area contributed by atoms with Crippen LogP contribution in [0.2, 0.25) is 0 Å². The zero-order valence-electron chi connectivity index (χ0n) is 12.1. The first-order chi connectivity index (χ1) is 9.29. The molecular weight excluding hydrogens is 228 g/mol. The molecule has 0 saturated heterocycles. The molecule has 4 aliphatic carbocycles. The van der Waals surface area contributed by atoms with Crippen LogP contribution in [0.4, 0.5) is 0 Å². The minimum absolute atomic E-state index is 0.798. The van der Waals surface area contributed by atoms with Crippen LogP contribution in [0, 0.1) is 17.3 Å². The topological polar surface area (TPSA) is 0 Å². The highest BCUT2D eigenvalue weighted by Gasteiger charge is 2.63. The zero-order valence-corrected chi connectivity index (χ0v) is 12.1. The minimum atomic E-state index is 0.798. The maximum absolute atomic E-state index is 4.25. The van der Waals surface area contributed by atoms with Gasteiger partial charge in [-0.25, -0.2) is 0 Å². The fraction of sp³-hybridized carbons (Fsp3) is 0.684. The highest BCUT2D eigenvalue weighted by Crippen LogP contribution is 2.72. The molecule has 0 bridgehead atoms. The van der Waals surface area contributed by atoms with Crippen LogP contribution in [0.25, 0.3) is 0 Å². The molecular formula is C19H26. The molecule has 19 heavy (non-hydrogen) atoms. The second-order valence-electron chi connectivity index (χ2n) is 7.36. The van der Waals surface area contributed by atoms with Crippen LogP contribution in [-0.2, 0) is 0 Å². The van der Waals surface area contributed by atoms with Gasteiger partial charge in [-0.1, -0.05) is 29.9 Å². The van der Waals surface area contributed by atoms with Gasteiger partial charge in [0, 0.05) is 0 Å². The van der Waals surface area contributed by atoms with Gasteiger partial charge >= 0.3 is 0 Å². The smallest absolute Gasteiger partial charge is 0.0141 e. The second-order valence-corrected chi connectivity index (χ2v) is 7.36. The Kier molecular flexibility index (Phi) is 2.76. The van der Waals surface area contributed by atoms with Crippen molar-refractivity contribution in [3.63, 3.8) is 0 Å². The van der Waals surface area contributed by atoms with Gasteiger partial charge in [-0.15, -0.1) is 0 Å². The van der Waals surface area contributed by atoms with Crippen molar-refractivity contribution in [2.24, 2.45) is 17.3 Å². The fourth-order valence-corrected chi connectivity index (χ4v) is 5.30. The third kappa shape index (κ3) is 1.87. The summed E-state index contributed by atoms with van der Waals surface area (Å²) in [5.74, 6) is 2.07. The standard InChI is InChI=1S/C19H26/c1-14-5-2-3-6-15(14)8-9-16-7-4-12-19-13-17(19)10-11-18(16)19/h8-9,17-18H,1-7,10-13H2/b15-8-,16-9+. The largest absolute Gasteiger partial charge is 0.0956 e. The summed E-state index contributed by atoms with van der Waals surface area (Å²) in [7, 11) is 0. The highest BCUT2D eigenvalue weighted by molar-refractivity contribution is 5.36. The van der Waals surface area contributed by atoms with E-state index in [0.29, 0.717) is 0 Å². The molecule has 0 aromatic heterocycles. The van der Waals surface area contributed by atoms with Gasteiger partial charge in [0.05, 0.1) is 0 Å². The minimum Gasteiger partial charge on any atom is -0.0956 e. The summed E-state index contributed by atoms with van der Waals surface area (Å²) < 4.78 is 0. The van der Waals surface area contributed by atoms with Crippen molar-refractivity contribution >= 4 is 0 Å². The molecule has 0 nitrogen and oxygen atoms in total. The summed E-state index contributed by atoms with van der Waals surface area (Å²) in [6.45, 7) is 4.25. The third-order valence-corrected chi connectivity index (χ3v) is 6.46. The normalized spacial score (nSPS) is 45.4. The molecule has 0 aromatic rings. The molecule has 3 atom stereocenters. The van der Waals surface area contributed by atoms with Gasteiger partial charge in [-0.2, -0.15) is 0 Å². The summed E-state index contributed by atoms with van der Waals surface area (Å²) >= 11 is 0. The van der Waals surface area contributed by atoms with Crippen LogP contribution >= 0.6 is 0 Å². The molecule has 102 valence electrons. The van der Waals surface area contributed by atoms with E-state index in [9.17, 15) is 0 Å². The average molecular weight is 254 g/mol. The van der Waals surface area contributed by atoms with E-state index in [1.54, 1.807) is 17.6 Å². The van der Waals surface area contributed by atoms with Crippen molar-refractivity contribution in [2.45, 2.75) is 64.2 Å². The van der Waals surface area contributed by atoms with E-state index in [1.165, 1.54) is 63.4 Å². The van der Waals surface area contributed by atoms with Gasteiger partial charge in [-0.05, 0) is 87.0 Å². The van der Waals surface area contributed by atoms with Crippen LogP contribution in [0.5, 0.6) is 0 Å². The molecule has 1 spiro atoms. The molecule has 0 aliphatic heterocycles. The first kappa shape index (κ1) is 12.0. The van der Waals surface area contributed by atoms with Crippen molar-refractivity contribution < 1.29 is 0 Å². The molecule has 3 unspecified atom stereocenters. The first-order valence-electron chi connectivity index (χ1n) is 8.37. The lowest BCUT2D eigenvalue weighted by molar-refractivity contribution is 0.294. The van der Waals surface area contributed by atoms with E-state index < -0.39 is 0 Å². The van der Waals surface area contributed by atoms with Crippen LogP contribution in [0.3, 0.4) is 0 Å². The van der Waals surface area contributed by atoms with Crippen LogP contribution in [0.1, 0.15) is 64.2 Å². The number of rotatable bonds is 1. The Morgan fingerprint density at radius 1 is 1.00 bits per heavy atom. The number of allylic oxidation sites excluding steroid dienone is 5. The first-order valence-corrected chi connectivity index (χ1v) is 8.37. The van der Waals surface area contributed by atoms with Gasteiger partial charge in [0.1, 0.15) is 0 Å². The number of hydrogen-bond acceptors (Lipinski definition) is 0. The lowest BCUT2D eigenvalue weighted by atomic mass is 9.73. The van der Waals surface area contributed by atoms with Crippen molar-refractivity contribution in [3.05, 3.63) is 35.5 Å². The summed E-state index contributed by atoms with van der Waals surface area (Å²) in [6, 6.07) is 0. The van der Waals surface area contributed by atoms with Gasteiger partial charge in [0.25, 0.3) is 0 Å². The predicted molar refractivity (Wildman–Crippen MR) is 80.9 cm³/mol. The summed E-state index contributed by atoms with van der Waals surface area (Å²) in [6.07, 6.45) is 19.1. The maximum atomic E-state index is 4.25. The van der Waals surface area contributed by atoms with Crippen LogP contribution < -0.4 is 0 Å². The van der Waals surface area contributed by atoms with E-state index >= 15 is 0 Å². The Bertz CT molecular complexity index is 464. The Morgan fingerprint density at radius 3 is 2.74 bits per heavy atom. The van der Waals surface area contributed by atoms with Crippen molar-refractivity contribution in [3.8, 4) is 0 Å². The SMILES string of the molecule is C=C1CCCC/C1=C/C=C1\CCCC23CC2CCC13. The second kappa shape index (κ2) is 4.36. The molecule has 4 rings (SSSR count). The average Bonchev–Trinajstić information content (AvgIpc) is 2.99. The van der Waals surface area contributed by atoms with Crippen molar-refractivity contribution in [1.29, 1.82) is 0 Å². The molecule has 4 saturated carbocycles. The van der Waals surface area contributed by atoms with Crippen molar-refractivity contribution in [2.75, 3.05) is 0 Å². The van der Waals surface area contributed by atoms with Crippen LogP contribution in [0.15, 0.2) is 35.5 Å². The Labute approximate surface area is 117 Å². The van der Waals surface area contributed by atoms with E-state index in [4.69, 9.17) is 0 Å². The summed E-state index contributed by atoms with van der Waals surface area (Å²) in [5, 5.41) is 0. The van der Waals surface area contributed by atoms with Gasteiger partial charge in [0.2, 0.25) is 0 Å². The van der Waals surface area contributed by atoms with Crippen molar-refractivity contribution in [1.82, 2.24) is 0 Å². The predicted octanol–water partition coefficient (Wildman–Crippen LogP) is 5.57. The Hall–Kier alpha value is -0.780. The summed E-state index contributed by atoms with van der Waals surface area (Å²) in [4.78, 5) is 0. The Morgan fingerprint density at radius 2 is 1.89 bits per heavy atom. The third-order valence-electron chi connectivity index (χ3n) is 6.46. The molecule has 0 amide bonds. The molecule has 0 heteroatoms. The van der Waals surface area contributed by atoms with E-state index in [0.717, 1.165) is 17.3 Å². The molecule has 0 heterocycles. The van der Waals surface area contributed by atoms with Gasteiger partial charge in [0.15, 0.2) is 0 Å². The fourth-order valence-electron chi connectivity index (χ4n) is 5.30. The quantitative estimate of drug-likeness (QED) is 0.574. The zero-order chi connectivity index (χ0) is 12.9. The monoisotopic (exact) mass is 254 g/mol. The molecule has 4 fully saturated rings. The number of hydrogen-bond donors (Lipinski definition) is 0. The molecule has 0 radical (unpaired) electrons. The molecule has 0 N–H and O–H groups in total.